The minimum atomic E-state index is -4.74. The van der Waals surface area contributed by atoms with Crippen molar-refractivity contribution in [2.24, 2.45) is 0 Å². The van der Waals surface area contributed by atoms with Gasteiger partial charge in [0.1, 0.15) is 0 Å². The molecule has 1 amide bonds. The number of pyridine rings is 1. The molecular formula is C31H33F3N6O2. The topological polar surface area (TPSA) is 92.1 Å². The first-order valence-electron chi connectivity index (χ1n) is 14.1. The van der Waals surface area contributed by atoms with Crippen molar-refractivity contribution < 1.29 is 18.0 Å². The van der Waals surface area contributed by atoms with E-state index >= 15 is 0 Å². The van der Waals surface area contributed by atoms with Crippen molar-refractivity contribution in [3.63, 3.8) is 0 Å². The van der Waals surface area contributed by atoms with Crippen LogP contribution in [0.3, 0.4) is 0 Å². The molecule has 220 valence electrons. The quantitative estimate of drug-likeness (QED) is 0.291. The third-order valence-electron chi connectivity index (χ3n) is 7.52. The summed E-state index contributed by atoms with van der Waals surface area (Å²) < 4.78 is 42.3. The summed E-state index contributed by atoms with van der Waals surface area (Å²) in [5, 5.41) is 11.0. The molecule has 11 heteroatoms. The van der Waals surface area contributed by atoms with Crippen LogP contribution in [0.2, 0.25) is 0 Å². The Bertz CT molecular complexity index is 1630. The first-order valence-corrected chi connectivity index (χ1v) is 14.1. The van der Waals surface area contributed by atoms with E-state index in [2.05, 4.69) is 31.7 Å². The highest BCUT2D eigenvalue weighted by Gasteiger charge is 2.35. The molecule has 0 radical (unpaired) electrons. The molecule has 0 atom stereocenters. The molecule has 42 heavy (non-hydrogen) atoms. The van der Waals surface area contributed by atoms with E-state index in [0.29, 0.717) is 6.42 Å². The lowest BCUT2D eigenvalue weighted by Crippen LogP contribution is -2.33. The number of piperidine rings is 1. The van der Waals surface area contributed by atoms with Crippen LogP contribution in [0.1, 0.15) is 40.7 Å². The number of anilines is 1. The molecule has 8 nitrogen and oxygen atoms in total. The predicted octanol–water partition coefficient (Wildman–Crippen LogP) is 4.98. The number of hydrogen-bond acceptors (Lipinski definition) is 6. The molecule has 2 aromatic heterocycles. The van der Waals surface area contributed by atoms with Gasteiger partial charge < -0.3 is 15.5 Å². The van der Waals surface area contributed by atoms with Gasteiger partial charge in [-0.2, -0.15) is 18.3 Å². The molecule has 0 unspecified atom stereocenters. The summed E-state index contributed by atoms with van der Waals surface area (Å²) in [6, 6.07) is 14.0. The van der Waals surface area contributed by atoms with Crippen molar-refractivity contribution in [3.05, 3.63) is 87.8 Å². The van der Waals surface area contributed by atoms with Crippen molar-refractivity contribution >= 4 is 22.5 Å². The lowest BCUT2D eigenvalue weighted by molar-refractivity contribution is -0.137. The van der Waals surface area contributed by atoms with Gasteiger partial charge in [0.25, 0.3) is 11.5 Å². The van der Waals surface area contributed by atoms with E-state index in [4.69, 9.17) is 0 Å². The molecule has 1 fully saturated rings. The highest BCUT2D eigenvalue weighted by Crippen LogP contribution is 2.34. The fourth-order valence-corrected chi connectivity index (χ4v) is 5.24. The number of benzene rings is 2. The van der Waals surface area contributed by atoms with Gasteiger partial charge in [0.05, 0.1) is 34.2 Å². The summed E-state index contributed by atoms with van der Waals surface area (Å²) >= 11 is 0. The highest BCUT2D eigenvalue weighted by molar-refractivity contribution is 5.96. The number of aromatic nitrogens is 3. The van der Waals surface area contributed by atoms with Gasteiger partial charge in [-0.05, 0) is 74.3 Å². The molecular weight excluding hydrogens is 545 g/mol. The van der Waals surface area contributed by atoms with E-state index in [1.807, 2.05) is 24.4 Å². The number of rotatable bonds is 9. The third-order valence-corrected chi connectivity index (χ3v) is 7.52. The standard InChI is InChI=1S/C31H33F3N6O2/c1-35-30(42)25-7-6-22(19-26(25)31(32,33)34)28-9-10-29(41)40(38-28)15-11-21-5-8-27-23(17-21)18-24(20-37-27)36-12-16-39-13-3-2-4-14-39/h5-10,17-20,36H,2-4,11-16H2,1H3,(H,35,42). The lowest BCUT2D eigenvalue weighted by atomic mass is 10.0. The van der Waals surface area contributed by atoms with Gasteiger partial charge in [-0.25, -0.2) is 4.68 Å². The van der Waals surface area contributed by atoms with Gasteiger partial charge in [0.15, 0.2) is 0 Å². The zero-order valence-electron chi connectivity index (χ0n) is 23.4. The molecule has 5 rings (SSSR count). The van der Waals surface area contributed by atoms with Gasteiger partial charge in [-0.1, -0.05) is 18.6 Å². The molecule has 1 aliphatic heterocycles. The Hall–Kier alpha value is -4.25. The summed E-state index contributed by atoms with van der Waals surface area (Å²) in [4.78, 5) is 31.6. The van der Waals surface area contributed by atoms with Crippen LogP contribution < -0.4 is 16.2 Å². The van der Waals surface area contributed by atoms with Gasteiger partial charge in [-0.3, -0.25) is 14.6 Å². The summed E-state index contributed by atoms with van der Waals surface area (Å²) in [7, 11) is 1.27. The molecule has 0 bridgehead atoms. The second-order valence-corrected chi connectivity index (χ2v) is 10.4. The smallest absolute Gasteiger partial charge is 0.382 e. The fraction of sp³-hybridized carbons (Fsp3) is 0.355. The Morgan fingerprint density at radius 1 is 0.976 bits per heavy atom. The molecule has 0 spiro atoms. The average molecular weight is 579 g/mol. The SMILES string of the molecule is CNC(=O)c1ccc(-c2ccc(=O)n(CCc3ccc4ncc(NCCN5CCCCC5)cc4c3)n2)cc1C(F)(F)F. The number of aryl methyl sites for hydroxylation is 2. The maximum Gasteiger partial charge on any atom is 0.417 e. The van der Waals surface area contributed by atoms with Crippen molar-refractivity contribution in [1.29, 1.82) is 0 Å². The van der Waals surface area contributed by atoms with E-state index in [-0.39, 0.29) is 23.4 Å². The zero-order chi connectivity index (χ0) is 29.7. The number of likely N-dealkylation sites (tertiary alicyclic amines) is 1. The van der Waals surface area contributed by atoms with Gasteiger partial charge in [0.2, 0.25) is 0 Å². The summed E-state index contributed by atoms with van der Waals surface area (Å²) in [5.74, 6) is -0.835. The Balaban J connectivity index is 1.30. The number of nitrogens with one attached hydrogen (secondary N) is 2. The van der Waals surface area contributed by atoms with Crippen molar-refractivity contribution in [3.8, 4) is 11.3 Å². The van der Waals surface area contributed by atoms with Crippen LogP contribution in [0.4, 0.5) is 18.9 Å². The molecule has 1 saturated heterocycles. The largest absolute Gasteiger partial charge is 0.417 e. The number of carbonyl (C=O) groups excluding carboxylic acids is 1. The first kappa shape index (κ1) is 29.2. The zero-order valence-corrected chi connectivity index (χ0v) is 23.4. The van der Waals surface area contributed by atoms with Crippen molar-refractivity contribution in [2.75, 3.05) is 38.5 Å². The minimum absolute atomic E-state index is 0.154. The number of nitrogens with zero attached hydrogens (tertiary/aromatic N) is 4. The van der Waals surface area contributed by atoms with Crippen molar-refractivity contribution in [1.82, 2.24) is 25.0 Å². The number of halogens is 3. The van der Waals surface area contributed by atoms with Crippen LogP contribution in [-0.2, 0) is 19.1 Å². The fourth-order valence-electron chi connectivity index (χ4n) is 5.24. The minimum Gasteiger partial charge on any atom is -0.382 e. The second-order valence-electron chi connectivity index (χ2n) is 10.4. The number of hydrogen-bond donors (Lipinski definition) is 2. The Labute approximate surface area is 241 Å². The van der Waals surface area contributed by atoms with Crippen LogP contribution in [-0.4, -0.2) is 58.8 Å². The predicted molar refractivity (Wildman–Crippen MR) is 157 cm³/mol. The number of fused-ring (bicyclic) bond motifs is 1. The van der Waals surface area contributed by atoms with Crippen molar-refractivity contribution in [2.45, 2.75) is 38.4 Å². The Kier molecular flexibility index (Phi) is 8.86. The highest BCUT2D eigenvalue weighted by atomic mass is 19.4. The van der Waals surface area contributed by atoms with Crippen LogP contribution in [0.25, 0.3) is 22.2 Å². The molecule has 0 saturated carbocycles. The summed E-state index contributed by atoms with van der Waals surface area (Å²) in [6.07, 6.45) is 1.42. The first-order chi connectivity index (χ1) is 20.2. The lowest BCUT2D eigenvalue weighted by Gasteiger charge is -2.26. The van der Waals surface area contributed by atoms with Crippen LogP contribution >= 0.6 is 0 Å². The number of alkyl halides is 3. The maximum absolute atomic E-state index is 13.7. The van der Waals surface area contributed by atoms with E-state index in [9.17, 15) is 22.8 Å². The number of carbonyl (C=O) groups is 1. The molecule has 2 aromatic carbocycles. The van der Waals surface area contributed by atoms with Gasteiger partial charge in [-0.15, -0.1) is 0 Å². The Morgan fingerprint density at radius 2 is 1.79 bits per heavy atom. The molecule has 0 aliphatic carbocycles. The van der Waals surface area contributed by atoms with E-state index in [0.717, 1.165) is 60.5 Å². The van der Waals surface area contributed by atoms with Crippen LogP contribution in [0.5, 0.6) is 0 Å². The van der Waals surface area contributed by atoms with E-state index < -0.39 is 23.2 Å². The van der Waals surface area contributed by atoms with Gasteiger partial charge in [0, 0.05) is 43.7 Å². The van der Waals surface area contributed by atoms with Gasteiger partial charge >= 0.3 is 6.18 Å². The summed E-state index contributed by atoms with van der Waals surface area (Å²) in [6.45, 7) is 4.38. The molecule has 1 aliphatic rings. The average Bonchev–Trinajstić information content (AvgIpc) is 3.00. The van der Waals surface area contributed by atoms with E-state index in [1.165, 1.54) is 49.2 Å². The Morgan fingerprint density at radius 3 is 2.55 bits per heavy atom. The molecule has 4 aromatic rings. The van der Waals surface area contributed by atoms with Crippen LogP contribution in [0, 0.1) is 0 Å². The second kappa shape index (κ2) is 12.7. The van der Waals surface area contributed by atoms with Crippen LogP contribution in [0.15, 0.2) is 65.6 Å². The van der Waals surface area contributed by atoms with E-state index in [1.54, 1.807) is 0 Å². The number of amides is 1. The molecule has 3 heterocycles. The summed E-state index contributed by atoms with van der Waals surface area (Å²) in [5.41, 5.74) is 1.23. The molecule has 2 N–H and O–H groups in total. The normalized spacial score (nSPS) is 14.2. The maximum atomic E-state index is 13.7. The third kappa shape index (κ3) is 6.96. The monoisotopic (exact) mass is 578 g/mol.